The zero-order chi connectivity index (χ0) is 19.3. The lowest BCUT2D eigenvalue weighted by Gasteiger charge is -2.11. The standard InChI is InChI=1S/C19H19FN6O2/c20-14-1-3-15(4-2-14)28-12-26-10-7-16(25-26)19(27)22-18-11-17(23-24-18)13-5-8-21-9-6-13/h1-10,17-18,23-24H,11-12H2,(H,22,27). The van der Waals surface area contributed by atoms with Crippen LogP contribution in [0.3, 0.4) is 0 Å². The van der Waals surface area contributed by atoms with Gasteiger partial charge >= 0.3 is 0 Å². The van der Waals surface area contributed by atoms with Crippen LogP contribution in [-0.2, 0) is 6.73 Å². The van der Waals surface area contributed by atoms with Crippen molar-refractivity contribution in [3.63, 3.8) is 0 Å². The predicted octanol–water partition coefficient (Wildman–Crippen LogP) is 1.75. The van der Waals surface area contributed by atoms with E-state index in [1.54, 1.807) is 24.7 Å². The molecule has 1 aliphatic heterocycles. The number of carbonyl (C=O) groups is 1. The van der Waals surface area contributed by atoms with Gasteiger partial charge in [-0.2, -0.15) is 5.10 Å². The second kappa shape index (κ2) is 8.15. The van der Waals surface area contributed by atoms with Gasteiger partial charge in [0.1, 0.15) is 17.3 Å². The predicted molar refractivity (Wildman–Crippen MR) is 98.4 cm³/mol. The molecule has 0 radical (unpaired) electrons. The molecule has 1 saturated heterocycles. The fraction of sp³-hybridized carbons (Fsp3) is 0.211. The van der Waals surface area contributed by atoms with E-state index in [0.29, 0.717) is 12.2 Å². The number of benzene rings is 1. The molecule has 3 aromatic rings. The summed E-state index contributed by atoms with van der Waals surface area (Å²) in [5, 5.41) is 7.11. The van der Waals surface area contributed by atoms with Gasteiger partial charge < -0.3 is 10.1 Å². The van der Waals surface area contributed by atoms with Gasteiger partial charge in [-0.1, -0.05) is 0 Å². The van der Waals surface area contributed by atoms with Crippen molar-refractivity contribution in [2.45, 2.75) is 25.4 Å². The zero-order valence-corrected chi connectivity index (χ0v) is 14.9. The fourth-order valence-electron chi connectivity index (χ4n) is 2.92. The number of carbonyl (C=O) groups excluding carboxylic acids is 1. The summed E-state index contributed by atoms with van der Waals surface area (Å²) in [6.07, 6.45) is 5.61. The van der Waals surface area contributed by atoms with E-state index in [-0.39, 0.29) is 36.4 Å². The van der Waals surface area contributed by atoms with Crippen LogP contribution in [0.15, 0.2) is 61.1 Å². The van der Waals surface area contributed by atoms with E-state index in [2.05, 4.69) is 26.3 Å². The number of rotatable bonds is 6. The Labute approximate surface area is 160 Å². The van der Waals surface area contributed by atoms with Crippen molar-refractivity contribution in [2.75, 3.05) is 0 Å². The first-order chi connectivity index (χ1) is 13.7. The third kappa shape index (κ3) is 4.33. The van der Waals surface area contributed by atoms with Crippen LogP contribution in [0, 0.1) is 5.82 Å². The maximum absolute atomic E-state index is 12.9. The average Bonchev–Trinajstić information content (AvgIpc) is 3.38. The SMILES string of the molecule is O=C(NC1CC(c2ccncc2)NN1)c1ccn(COc2ccc(F)cc2)n1. The van der Waals surface area contributed by atoms with Gasteiger partial charge in [0.2, 0.25) is 0 Å². The molecule has 28 heavy (non-hydrogen) atoms. The fourth-order valence-corrected chi connectivity index (χ4v) is 2.92. The molecule has 2 aromatic heterocycles. The number of hydrogen-bond acceptors (Lipinski definition) is 6. The first-order valence-electron chi connectivity index (χ1n) is 8.81. The molecule has 1 aliphatic rings. The van der Waals surface area contributed by atoms with Crippen molar-refractivity contribution in [2.24, 2.45) is 0 Å². The van der Waals surface area contributed by atoms with Gasteiger partial charge in [-0.05, 0) is 48.0 Å². The highest BCUT2D eigenvalue weighted by Gasteiger charge is 2.26. The maximum Gasteiger partial charge on any atom is 0.273 e. The zero-order valence-electron chi connectivity index (χ0n) is 14.9. The lowest BCUT2D eigenvalue weighted by Crippen LogP contribution is -2.44. The molecule has 2 unspecified atom stereocenters. The van der Waals surface area contributed by atoms with Gasteiger partial charge in [0, 0.05) is 31.1 Å². The van der Waals surface area contributed by atoms with Crippen LogP contribution < -0.4 is 20.9 Å². The molecular weight excluding hydrogens is 363 g/mol. The van der Waals surface area contributed by atoms with Crippen molar-refractivity contribution < 1.29 is 13.9 Å². The van der Waals surface area contributed by atoms with Gasteiger partial charge in [-0.25, -0.2) is 19.9 Å². The minimum atomic E-state index is -0.327. The number of nitrogens with zero attached hydrogens (tertiary/aromatic N) is 3. The third-order valence-electron chi connectivity index (χ3n) is 4.37. The highest BCUT2D eigenvalue weighted by Crippen LogP contribution is 2.20. The molecule has 0 bridgehead atoms. The van der Waals surface area contributed by atoms with Crippen LogP contribution in [0.2, 0.25) is 0 Å². The van der Waals surface area contributed by atoms with Crippen LogP contribution in [0.1, 0.15) is 28.5 Å². The van der Waals surface area contributed by atoms with Crippen molar-refractivity contribution in [1.29, 1.82) is 0 Å². The van der Waals surface area contributed by atoms with E-state index in [0.717, 1.165) is 5.56 Å². The number of nitrogens with one attached hydrogen (secondary N) is 3. The molecule has 4 rings (SSSR count). The molecule has 3 heterocycles. The number of aromatic nitrogens is 3. The van der Waals surface area contributed by atoms with Gasteiger partial charge in [0.15, 0.2) is 6.73 Å². The molecule has 3 N–H and O–H groups in total. The molecule has 1 aromatic carbocycles. The van der Waals surface area contributed by atoms with E-state index in [9.17, 15) is 9.18 Å². The highest BCUT2D eigenvalue weighted by atomic mass is 19.1. The van der Waals surface area contributed by atoms with Crippen LogP contribution in [0.25, 0.3) is 0 Å². The number of ether oxygens (including phenoxy) is 1. The van der Waals surface area contributed by atoms with E-state index >= 15 is 0 Å². The Morgan fingerprint density at radius 1 is 1.18 bits per heavy atom. The topological polar surface area (TPSA) is 93.1 Å². The molecule has 0 aliphatic carbocycles. The average molecular weight is 382 g/mol. The Hall–Kier alpha value is -3.30. The smallest absolute Gasteiger partial charge is 0.273 e. The normalized spacial score (nSPS) is 18.8. The van der Waals surface area contributed by atoms with Crippen LogP contribution in [0.4, 0.5) is 4.39 Å². The number of halogens is 1. The molecule has 1 amide bonds. The monoisotopic (exact) mass is 382 g/mol. The second-order valence-corrected chi connectivity index (χ2v) is 6.35. The van der Waals surface area contributed by atoms with Gasteiger partial charge in [0.05, 0.1) is 6.17 Å². The van der Waals surface area contributed by atoms with E-state index in [1.807, 2.05) is 12.1 Å². The molecule has 0 spiro atoms. The molecule has 8 nitrogen and oxygen atoms in total. The Morgan fingerprint density at radius 3 is 2.75 bits per heavy atom. The minimum Gasteiger partial charge on any atom is -0.471 e. The largest absolute Gasteiger partial charge is 0.471 e. The number of hydrazine groups is 1. The number of pyridine rings is 1. The number of amides is 1. The lowest BCUT2D eigenvalue weighted by molar-refractivity contribution is 0.0925. The summed E-state index contributed by atoms with van der Waals surface area (Å²) in [6, 6.07) is 11.3. The van der Waals surface area contributed by atoms with E-state index in [1.165, 1.54) is 28.9 Å². The molecule has 0 saturated carbocycles. The Bertz CT molecular complexity index is 931. The maximum atomic E-state index is 12.9. The first-order valence-corrected chi connectivity index (χ1v) is 8.81. The van der Waals surface area contributed by atoms with Gasteiger partial charge in [-0.15, -0.1) is 0 Å². The van der Waals surface area contributed by atoms with Gasteiger partial charge in [-0.3, -0.25) is 9.78 Å². The summed E-state index contributed by atoms with van der Waals surface area (Å²) in [5.41, 5.74) is 7.62. The molecule has 144 valence electrons. The first kappa shape index (κ1) is 18.1. The second-order valence-electron chi connectivity index (χ2n) is 6.35. The summed E-state index contributed by atoms with van der Waals surface area (Å²) >= 11 is 0. The van der Waals surface area contributed by atoms with Crippen LogP contribution in [-0.4, -0.2) is 26.8 Å². The Kier molecular flexibility index (Phi) is 5.27. The summed E-state index contributed by atoms with van der Waals surface area (Å²) in [7, 11) is 0. The summed E-state index contributed by atoms with van der Waals surface area (Å²) in [6.45, 7) is 0.117. The van der Waals surface area contributed by atoms with Crippen molar-refractivity contribution >= 4 is 5.91 Å². The third-order valence-corrected chi connectivity index (χ3v) is 4.37. The van der Waals surface area contributed by atoms with E-state index in [4.69, 9.17) is 4.74 Å². The van der Waals surface area contributed by atoms with Crippen molar-refractivity contribution in [3.8, 4) is 5.75 Å². The molecular formula is C19H19FN6O2. The summed E-state index contributed by atoms with van der Waals surface area (Å²) < 4.78 is 19.9. The molecule has 9 heteroatoms. The van der Waals surface area contributed by atoms with Gasteiger partial charge in [0.25, 0.3) is 5.91 Å². The summed E-state index contributed by atoms with van der Waals surface area (Å²) in [5.74, 6) is -0.0897. The van der Waals surface area contributed by atoms with Crippen LogP contribution in [0.5, 0.6) is 5.75 Å². The minimum absolute atomic E-state index is 0.0926. The Balaban J connectivity index is 1.29. The van der Waals surface area contributed by atoms with Crippen LogP contribution >= 0.6 is 0 Å². The summed E-state index contributed by atoms with van der Waals surface area (Å²) in [4.78, 5) is 16.4. The Morgan fingerprint density at radius 2 is 1.96 bits per heavy atom. The lowest BCUT2D eigenvalue weighted by atomic mass is 10.1. The molecule has 1 fully saturated rings. The van der Waals surface area contributed by atoms with Crippen molar-refractivity contribution in [1.82, 2.24) is 30.9 Å². The highest BCUT2D eigenvalue weighted by molar-refractivity contribution is 5.92. The van der Waals surface area contributed by atoms with Crippen molar-refractivity contribution in [3.05, 3.63) is 78.1 Å². The molecule has 2 atom stereocenters. The quantitative estimate of drug-likeness (QED) is 0.602. The number of hydrogen-bond donors (Lipinski definition) is 3. The van der Waals surface area contributed by atoms with E-state index < -0.39 is 0 Å².